The zero-order valence-electron chi connectivity index (χ0n) is 10.6. The van der Waals surface area contributed by atoms with E-state index in [0.717, 1.165) is 0 Å². The number of nitrogens with zero attached hydrogens (tertiary/aromatic N) is 1. The highest BCUT2D eigenvalue weighted by Crippen LogP contribution is 2.21. The lowest BCUT2D eigenvalue weighted by Crippen LogP contribution is -2.43. The first-order valence-electron chi connectivity index (χ1n) is 6.06. The van der Waals surface area contributed by atoms with Crippen LogP contribution in [0.2, 0.25) is 0 Å². The van der Waals surface area contributed by atoms with E-state index in [1.54, 1.807) is 24.8 Å². The molecule has 2 heterocycles. The van der Waals surface area contributed by atoms with E-state index in [2.05, 4.69) is 0 Å². The van der Waals surface area contributed by atoms with Gasteiger partial charge in [0, 0.05) is 25.0 Å². The van der Waals surface area contributed by atoms with Gasteiger partial charge < -0.3 is 19.2 Å². The second-order valence-electron chi connectivity index (χ2n) is 4.71. The minimum absolute atomic E-state index is 0.0823. The van der Waals surface area contributed by atoms with E-state index in [0.29, 0.717) is 43.0 Å². The fourth-order valence-electron chi connectivity index (χ4n) is 2.33. The van der Waals surface area contributed by atoms with Gasteiger partial charge in [-0.2, -0.15) is 0 Å². The molecule has 1 aliphatic heterocycles. The number of carbonyl (C=O) groups is 2. The molecule has 1 aromatic rings. The third-order valence-electron chi connectivity index (χ3n) is 3.39. The number of furan rings is 1. The molecule has 1 fully saturated rings. The van der Waals surface area contributed by atoms with Gasteiger partial charge in [-0.25, -0.2) is 0 Å². The Morgan fingerprint density at radius 3 is 2.39 bits per heavy atom. The molecule has 5 nitrogen and oxygen atoms in total. The molecule has 2 rings (SSSR count). The highest BCUT2D eigenvalue weighted by molar-refractivity contribution is 5.95. The van der Waals surface area contributed by atoms with Crippen molar-refractivity contribution in [3.8, 4) is 0 Å². The SMILES string of the molecule is Cc1cc(C(=O)N2CCC(C(=O)[O-])CC2)c(C)o1. The van der Waals surface area contributed by atoms with Crippen LogP contribution in [0.15, 0.2) is 10.5 Å². The molecule has 0 unspecified atom stereocenters. The zero-order chi connectivity index (χ0) is 13.3. The second kappa shape index (κ2) is 4.84. The van der Waals surface area contributed by atoms with Gasteiger partial charge in [0.1, 0.15) is 11.5 Å². The van der Waals surface area contributed by atoms with E-state index in [4.69, 9.17) is 4.42 Å². The molecule has 0 bridgehead atoms. The van der Waals surface area contributed by atoms with Crippen molar-refractivity contribution < 1.29 is 19.1 Å². The van der Waals surface area contributed by atoms with E-state index in [1.165, 1.54) is 0 Å². The number of rotatable bonds is 2. The number of amides is 1. The van der Waals surface area contributed by atoms with Gasteiger partial charge in [0.2, 0.25) is 0 Å². The van der Waals surface area contributed by atoms with Crippen LogP contribution in [0, 0.1) is 19.8 Å². The van der Waals surface area contributed by atoms with Crippen LogP contribution in [-0.4, -0.2) is 29.9 Å². The Kier molecular flexibility index (Phi) is 3.41. The van der Waals surface area contributed by atoms with Gasteiger partial charge in [-0.05, 0) is 32.8 Å². The molecule has 0 spiro atoms. The zero-order valence-corrected chi connectivity index (χ0v) is 10.6. The molecule has 5 heteroatoms. The first-order chi connectivity index (χ1) is 8.49. The Labute approximate surface area is 105 Å². The van der Waals surface area contributed by atoms with E-state index >= 15 is 0 Å². The van der Waals surface area contributed by atoms with Gasteiger partial charge in [0.15, 0.2) is 0 Å². The van der Waals surface area contributed by atoms with Crippen molar-refractivity contribution in [2.24, 2.45) is 5.92 Å². The number of likely N-dealkylation sites (tertiary alicyclic amines) is 1. The summed E-state index contributed by atoms with van der Waals surface area (Å²) in [5.41, 5.74) is 0.569. The third-order valence-corrected chi connectivity index (χ3v) is 3.39. The molecule has 98 valence electrons. The van der Waals surface area contributed by atoms with Crippen LogP contribution in [0.5, 0.6) is 0 Å². The highest BCUT2D eigenvalue weighted by Gasteiger charge is 2.26. The standard InChI is InChI=1S/C13H17NO4/c1-8-7-11(9(2)18-8)12(15)14-5-3-10(4-6-14)13(16)17/h7,10H,3-6H2,1-2H3,(H,16,17)/p-1. The molecule has 0 saturated carbocycles. The summed E-state index contributed by atoms with van der Waals surface area (Å²) >= 11 is 0. The second-order valence-corrected chi connectivity index (χ2v) is 4.71. The summed E-state index contributed by atoms with van der Waals surface area (Å²) in [5.74, 6) is -0.209. The molecule has 0 aliphatic carbocycles. The number of carbonyl (C=O) groups excluding carboxylic acids is 2. The maximum atomic E-state index is 12.2. The van der Waals surface area contributed by atoms with Gasteiger partial charge in [-0.1, -0.05) is 0 Å². The number of aliphatic carboxylic acids is 1. The summed E-state index contributed by atoms with van der Waals surface area (Å²) in [4.78, 5) is 24.6. The number of piperidine rings is 1. The van der Waals surface area contributed by atoms with Gasteiger partial charge in [0.25, 0.3) is 5.91 Å². The molecule has 1 amide bonds. The van der Waals surface area contributed by atoms with E-state index in [9.17, 15) is 14.7 Å². The lowest BCUT2D eigenvalue weighted by Gasteiger charge is -2.32. The van der Waals surface area contributed by atoms with E-state index < -0.39 is 11.9 Å². The third kappa shape index (κ3) is 2.39. The number of hydrogen-bond donors (Lipinski definition) is 0. The van der Waals surface area contributed by atoms with Crippen LogP contribution in [0.25, 0.3) is 0 Å². The van der Waals surface area contributed by atoms with Crippen LogP contribution in [0.4, 0.5) is 0 Å². The summed E-state index contributed by atoms with van der Waals surface area (Å²) in [5, 5.41) is 10.7. The molecule has 1 aliphatic rings. The summed E-state index contributed by atoms with van der Waals surface area (Å²) in [6, 6.07) is 1.72. The van der Waals surface area contributed by atoms with Crippen molar-refractivity contribution >= 4 is 11.9 Å². The number of aryl methyl sites for hydroxylation is 2. The number of carboxylic acids is 1. The minimum Gasteiger partial charge on any atom is -0.550 e. The Morgan fingerprint density at radius 1 is 1.33 bits per heavy atom. The average Bonchev–Trinajstić information content (AvgIpc) is 2.67. The van der Waals surface area contributed by atoms with Gasteiger partial charge in [-0.3, -0.25) is 4.79 Å². The summed E-state index contributed by atoms with van der Waals surface area (Å²) < 4.78 is 5.33. The van der Waals surface area contributed by atoms with Crippen molar-refractivity contribution in [2.45, 2.75) is 26.7 Å². The molecule has 0 atom stereocenters. The highest BCUT2D eigenvalue weighted by atomic mass is 16.4. The summed E-state index contributed by atoms with van der Waals surface area (Å²) in [6.45, 7) is 4.47. The average molecular weight is 250 g/mol. The predicted octanol–water partition coefficient (Wildman–Crippen LogP) is 0.499. The smallest absolute Gasteiger partial charge is 0.257 e. The lowest BCUT2D eigenvalue weighted by atomic mass is 9.96. The molecular formula is C13H16NO4-. The summed E-state index contributed by atoms with van der Waals surface area (Å²) in [7, 11) is 0. The molecule has 0 N–H and O–H groups in total. The van der Waals surface area contributed by atoms with E-state index in [-0.39, 0.29) is 5.91 Å². The van der Waals surface area contributed by atoms with Crippen LogP contribution in [0.3, 0.4) is 0 Å². The van der Waals surface area contributed by atoms with Crippen molar-refractivity contribution in [1.82, 2.24) is 4.90 Å². The fraction of sp³-hybridized carbons (Fsp3) is 0.538. The lowest BCUT2D eigenvalue weighted by molar-refractivity contribution is -0.312. The Morgan fingerprint density at radius 2 is 1.94 bits per heavy atom. The topological polar surface area (TPSA) is 73.6 Å². The molecule has 1 aromatic heterocycles. The first kappa shape index (κ1) is 12.7. The first-order valence-corrected chi connectivity index (χ1v) is 6.06. The van der Waals surface area contributed by atoms with Gasteiger partial charge in [-0.15, -0.1) is 0 Å². The molecular weight excluding hydrogens is 234 g/mol. The normalized spacial score (nSPS) is 16.9. The largest absolute Gasteiger partial charge is 0.550 e. The quantitative estimate of drug-likeness (QED) is 0.766. The molecule has 18 heavy (non-hydrogen) atoms. The maximum Gasteiger partial charge on any atom is 0.257 e. The molecule has 0 aromatic carbocycles. The minimum atomic E-state index is -1.02. The summed E-state index contributed by atoms with van der Waals surface area (Å²) in [6.07, 6.45) is 0.925. The Hall–Kier alpha value is -1.78. The van der Waals surface area contributed by atoms with Crippen molar-refractivity contribution in [1.29, 1.82) is 0 Å². The van der Waals surface area contributed by atoms with Gasteiger partial charge >= 0.3 is 0 Å². The van der Waals surface area contributed by atoms with Crippen LogP contribution < -0.4 is 5.11 Å². The van der Waals surface area contributed by atoms with Gasteiger partial charge in [0.05, 0.1) is 5.56 Å². The van der Waals surface area contributed by atoms with Crippen molar-refractivity contribution in [3.63, 3.8) is 0 Å². The van der Waals surface area contributed by atoms with E-state index in [1.807, 2.05) is 0 Å². The Balaban J connectivity index is 2.04. The fourth-order valence-corrected chi connectivity index (χ4v) is 2.33. The van der Waals surface area contributed by atoms with Crippen LogP contribution >= 0.6 is 0 Å². The number of carboxylic acid groups (broad SMARTS) is 1. The molecule has 1 saturated heterocycles. The molecule has 0 radical (unpaired) electrons. The van der Waals surface area contributed by atoms with Crippen molar-refractivity contribution in [2.75, 3.05) is 13.1 Å². The monoisotopic (exact) mass is 250 g/mol. The maximum absolute atomic E-state index is 12.2. The van der Waals surface area contributed by atoms with Crippen molar-refractivity contribution in [3.05, 3.63) is 23.2 Å². The predicted molar refractivity (Wildman–Crippen MR) is 61.8 cm³/mol. The number of hydrogen-bond acceptors (Lipinski definition) is 4. The Bertz CT molecular complexity index is 469. The van der Waals surface area contributed by atoms with Crippen LogP contribution in [-0.2, 0) is 4.79 Å². The van der Waals surface area contributed by atoms with Crippen LogP contribution in [0.1, 0.15) is 34.7 Å².